The van der Waals surface area contributed by atoms with Crippen molar-refractivity contribution in [1.29, 1.82) is 0 Å². The van der Waals surface area contributed by atoms with E-state index in [0.717, 1.165) is 39.7 Å². The van der Waals surface area contributed by atoms with Crippen LogP contribution in [-0.2, 0) is 4.74 Å². The highest BCUT2D eigenvalue weighted by atomic mass is 32.1. The second-order valence-electron chi connectivity index (χ2n) is 7.60. The normalized spacial score (nSPS) is 15.7. The van der Waals surface area contributed by atoms with Crippen LogP contribution in [0.1, 0.15) is 38.0 Å². The van der Waals surface area contributed by atoms with Gasteiger partial charge in [-0.2, -0.15) is 0 Å². The fourth-order valence-electron chi connectivity index (χ4n) is 4.06. The summed E-state index contributed by atoms with van der Waals surface area (Å²) < 4.78 is 19.7. The van der Waals surface area contributed by atoms with Crippen LogP contribution in [0.4, 0.5) is 9.39 Å². The lowest BCUT2D eigenvalue weighted by atomic mass is 9.94. The molecule has 1 amide bonds. The molecular formula is C24H26FN2O2S+. The summed E-state index contributed by atoms with van der Waals surface area (Å²) in [6.45, 7) is 7.18. The molecule has 3 aromatic rings. The number of carbonyl (C=O) groups is 1. The van der Waals surface area contributed by atoms with E-state index in [1.165, 1.54) is 11.0 Å². The summed E-state index contributed by atoms with van der Waals surface area (Å²) in [7, 11) is 0. The molecule has 0 saturated carbocycles. The summed E-state index contributed by atoms with van der Waals surface area (Å²) in [5.41, 5.74) is 3.76. The number of halogens is 1. The first-order chi connectivity index (χ1) is 14.5. The minimum atomic E-state index is -0.246. The number of nitrogens with one attached hydrogen (secondary N) is 2. The maximum absolute atomic E-state index is 14.1. The van der Waals surface area contributed by atoms with Crippen LogP contribution >= 0.6 is 11.3 Å². The number of thiophene rings is 1. The number of benzene rings is 2. The Hall–Kier alpha value is -2.54. The van der Waals surface area contributed by atoms with E-state index in [-0.39, 0.29) is 17.8 Å². The summed E-state index contributed by atoms with van der Waals surface area (Å²) in [5.74, 6) is -0.377. The van der Waals surface area contributed by atoms with E-state index < -0.39 is 0 Å². The lowest BCUT2D eigenvalue weighted by molar-refractivity contribution is -0.933. The zero-order valence-electron chi connectivity index (χ0n) is 17.2. The summed E-state index contributed by atoms with van der Waals surface area (Å²) in [4.78, 5) is 15.4. The molecule has 0 aliphatic carbocycles. The molecule has 0 bridgehead atoms. The predicted molar refractivity (Wildman–Crippen MR) is 118 cm³/mol. The first kappa shape index (κ1) is 20.7. The van der Waals surface area contributed by atoms with Crippen molar-refractivity contribution in [2.75, 3.05) is 31.6 Å². The van der Waals surface area contributed by atoms with Crippen molar-refractivity contribution in [3.63, 3.8) is 0 Å². The number of rotatable bonds is 5. The molecule has 1 aromatic heterocycles. The largest absolute Gasteiger partial charge is 0.370 e. The monoisotopic (exact) mass is 425 g/mol. The Kier molecular flexibility index (Phi) is 6.27. The highest BCUT2D eigenvalue weighted by molar-refractivity contribution is 7.16. The van der Waals surface area contributed by atoms with Crippen molar-refractivity contribution in [2.24, 2.45) is 0 Å². The summed E-state index contributed by atoms with van der Waals surface area (Å²) in [6.07, 6.45) is 0. The smallest absolute Gasteiger partial charge is 0.256 e. The minimum absolute atomic E-state index is 0.0689. The molecule has 1 atom stereocenters. The highest BCUT2D eigenvalue weighted by Crippen LogP contribution is 2.38. The van der Waals surface area contributed by atoms with Gasteiger partial charge in [0.2, 0.25) is 0 Å². The van der Waals surface area contributed by atoms with Gasteiger partial charge in [-0.1, -0.05) is 30.3 Å². The summed E-state index contributed by atoms with van der Waals surface area (Å²) in [6, 6.07) is 16.0. The van der Waals surface area contributed by atoms with Crippen LogP contribution in [0.15, 0.2) is 54.6 Å². The molecule has 1 aliphatic heterocycles. The molecule has 156 valence electrons. The second-order valence-corrected chi connectivity index (χ2v) is 8.83. The van der Waals surface area contributed by atoms with Gasteiger partial charge in [0.15, 0.2) is 0 Å². The fourth-order valence-corrected chi connectivity index (χ4v) is 5.16. The van der Waals surface area contributed by atoms with Crippen LogP contribution in [0.2, 0.25) is 0 Å². The second kappa shape index (κ2) is 9.08. The zero-order valence-corrected chi connectivity index (χ0v) is 18.0. The Balaban J connectivity index is 1.77. The average molecular weight is 426 g/mol. The fraction of sp³-hybridized carbons (Fsp3) is 0.292. The van der Waals surface area contributed by atoms with Crippen LogP contribution < -0.4 is 10.2 Å². The minimum Gasteiger partial charge on any atom is -0.370 e. The third-order valence-electron chi connectivity index (χ3n) is 5.71. The van der Waals surface area contributed by atoms with Gasteiger partial charge in [-0.05, 0) is 43.7 Å². The molecule has 2 N–H and O–H groups in total. The number of carbonyl (C=O) groups excluding carboxylic acids is 1. The number of amides is 1. The Bertz CT molecular complexity index is 1030. The van der Waals surface area contributed by atoms with Crippen LogP contribution in [0.3, 0.4) is 0 Å². The van der Waals surface area contributed by atoms with Crippen molar-refractivity contribution in [3.8, 4) is 0 Å². The SMILES string of the molecule is Cc1sc(NC(=O)c2ccccc2)c([C@@H](c2cccc(F)c2)[NH+]2CCOCC2)c1C. The standard InChI is InChI=1S/C24H25FN2O2S/c1-16-17(2)30-24(26-23(28)18-7-4-3-5-8-18)21(16)22(27-11-13-29-14-12-27)19-9-6-10-20(25)15-19/h3-10,15,22H,11-14H2,1-2H3,(H,26,28)/p+1/t22-/m1/s1. The van der Waals surface area contributed by atoms with Gasteiger partial charge in [0.1, 0.15) is 29.9 Å². The van der Waals surface area contributed by atoms with E-state index >= 15 is 0 Å². The summed E-state index contributed by atoms with van der Waals surface area (Å²) in [5, 5.41) is 3.97. The predicted octanol–water partition coefficient (Wildman–Crippen LogP) is 3.76. The first-order valence-corrected chi connectivity index (χ1v) is 11.0. The van der Waals surface area contributed by atoms with Gasteiger partial charge >= 0.3 is 0 Å². The molecule has 0 spiro atoms. The molecule has 0 radical (unpaired) electrons. The Labute approximate surface area is 180 Å². The van der Waals surface area contributed by atoms with Crippen molar-refractivity contribution in [2.45, 2.75) is 19.9 Å². The molecular weight excluding hydrogens is 399 g/mol. The van der Waals surface area contributed by atoms with Crippen LogP contribution in [0.5, 0.6) is 0 Å². The molecule has 2 aromatic carbocycles. The lowest BCUT2D eigenvalue weighted by Gasteiger charge is -2.32. The molecule has 2 heterocycles. The zero-order chi connectivity index (χ0) is 21.1. The average Bonchev–Trinajstić information content (AvgIpc) is 3.03. The molecule has 1 saturated heterocycles. The van der Waals surface area contributed by atoms with Crippen molar-refractivity contribution in [3.05, 3.63) is 87.5 Å². The third-order valence-corrected chi connectivity index (χ3v) is 6.85. The maximum Gasteiger partial charge on any atom is 0.256 e. The van der Waals surface area contributed by atoms with Crippen LogP contribution in [0, 0.1) is 19.7 Å². The third kappa shape index (κ3) is 4.31. The highest BCUT2D eigenvalue weighted by Gasteiger charge is 2.34. The molecule has 6 heteroatoms. The number of hydrogen-bond donors (Lipinski definition) is 2. The van der Waals surface area contributed by atoms with Crippen molar-refractivity contribution < 1.29 is 18.8 Å². The van der Waals surface area contributed by atoms with E-state index in [9.17, 15) is 9.18 Å². The van der Waals surface area contributed by atoms with Gasteiger partial charge in [-0.3, -0.25) is 4.79 Å². The van der Waals surface area contributed by atoms with Gasteiger partial charge in [-0.15, -0.1) is 11.3 Å². The Morgan fingerprint density at radius 1 is 1.10 bits per heavy atom. The first-order valence-electron chi connectivity index (χ1n) is 10.2. The van der Waals surface area contributed by atoms with Gasteiger partial charge in [0.25, 0.3) is 5.91 Å². The van der Waals surface area contributed by atoms with Crippen molar-refractivity contribution in [1.82, 2.24) is 0 Å². The van der Waals surface area contributed by atoms with E-state index in [1.807, 2.05) is 24.3 Å². The lowest BCUT2D eigenvalue weighted by Crippen LogP contribution is -3.14. The van der Waals surface area contributed by atoms with E-state index in [0.29, 0.717) is 18.8 Å². The molecule has 4 nitrogen and oxygen atoms in total. The van der Waals surface area contributed by atoms with Gasteiger partial charge in [0, 0.05) is 16.0 Å². The van der Waals surface area contributed by atoms with E-state index in [2.05, 4.69) is 19.2 Å². The number of hydrogen-bond acceptors (Lipinski definition) is 3. The molecule has 30 heavy (non-hydrogen) atoms. The number of anilines is 1. The molecule has 0 unspecified atom stereocenters. The quantitative estimate of drug-likeness (QED) is 0.654. The number of ether oxygens (including phenoxy) is 1. The number of aryl methyl sites for hydroxylation is 1. The van der Waals surface area contributed by atoms with Crippen LogP contribution in [0.25, 0.3) is 0 Å². The molecule has 1 aliphatic rings. The number of quaternary nitrogens is 1. The van der Waals surface area contributed by atoms with Gasteiger partial charge in [0.05, 0.1) is 18.8 Å². The Morgan fingerprint density at radius 3 is 2.53 bits per heavy atom. The van der Waals surface area contributed by atoms with Gasteiger partial charge < -0.3 is 15.0 Å². The van der Waals surface area contributed by atoms with E-state index in [1.54, 1.807) is 35.6 Å². The van der Waals surface area contributed by atoms with Gasteiger partial charge in [-0.25, -0.2) is 4.39 Å². The Morgan fingerprint density at radius 2 is 1.83 bits per heavy atom. The summed E-state index contributed by atoms with van der Waals surface area (Å²) >= 11 is 1.58. The topological polar surface area (TPSA) is 42.8 Å². The number of morpholine rings is 1. The molecule has 1 fully saturated rings. The van der Waals surface area contributed by atoms with Crippen LogP contribution in [-0.4, -0.2) is 32.2 Å². The maximum atomic E-state index is 14.1. The van der Waals surface area contributed by atoms with Crippen molar-refractivity contribution >= 4 is 22.2 Å². The van der Waals surface area contributed by atoms with E-state index in [4.69, 9.17) is 4.74 Å². The molecule has 4 rings (SSSR count).